The summed E-state index contributed by atoms with van der Waals surface area (Å²) in [6, 6.07) is 33.4. The van der Waals surface area contributed by atoms with Crippen molar-refractivity contribution < 1.29 is 115 Å². The SMILES string of the molecule is COc1ccc(O)c(N=Nc2c(O)ccc3ccccc23)c1.O=S(=O)(O)c1cc(O)c(N=Nc2c(O)ccc3ccccc23)c2ccccc12.[Cr].[Na+].[Na+]. The number of ether oxygens (including phenoxy) is 1. The molecule has 7 rings (SSSR count). The first kappa shape index (κ1) is 43.4. The minimum Gasteiger partial charge on any atom is -0.506 e. The molecule has 0 saturated heterocycles. The van der Waals surface area contributed by atoms with E-state index in [1.807, 2.05) is 42.5 Å². The zero-order chi connectivity index (χ0) is 35.4. The van der Waals surface area contributed by atoms with Crippen molar-refractivity contribution in [2.75, 3.05) is 7.11 Å². The second-order valence-corrected chi connectivity index (χ2v) is 12.2. The molecule has 12 nitrogen and oxygen atoms in total. The van der Waals surface area contributed by atoms with Crippen molar-refractivity contribution in [3.8, 4) is 28.7 Å². The van der Waals surface area contributed by atoms with Gasteiger partial charge in [0.1, 0.15) is 56.4 Å². The molecule has 0 aliphatic heterocycles. The van der Waals surface area contributed by atoms with Crippen LogP contribution in [-0.2, 0) is 27.5 Å². The molecule has 53 heavy (non-hydrogen) atoms. The fourth-order valence-electron chi connectivity index (χ4n) is 5.24. The Hall–Kier alpha value is -4.04. The van der Waals surface area contributed by atoms with Gasteiger partial charge >= 0.3 is 59.1 Å². The van der Waals surface area contributed by atoms with Gasteiger partial charge in [0.15, 0.2) is 0 Å². The third-order valence-electron chi connectivity index (χ3n) is 7.68. The van der Waals surface area contributed by atoms with Gasteiger partial charge in [-0.3, -0.25) is 4.55 Å². The Morgan fingerprint density at radius 3 is 1.45 bits per heavy atom. The molecule has 0 radical (unpaired) electrons. The van der Waals surface area contributed by atoms with E-state index in [9.17, 15) is 33.4 Å². The molecule has 0 amide bonds. The number of methoxy groups -OCH3 is 1. The number of aromatic hydroxyl groups is 4. The van der Waals surface area contributed by atoms with Crippen molar-refractivity contribution in [2.45, 2.75) is 4.90 Å². The number of phenolic OH excluding ortho intramolecular Hbond substituents is 4. The van der Waals surface area contributed by atoms with Crippen molar-refractivity contribution in [3.05, 3.63) is 121 Å². The Balaban J connectivity index is 0.000000277. The molecular formula is C37H28CrN4Na2O8S+2. The van der Waals surface area contributed by atoms with Crippen molar-refractivity contribution in [2.24, 2.45) is 20.5 Å². The number of benzene rings is 7. The average molecular weight is 787 g/mol. The fourth-order valence-corrected chi connectivity index (χ4v) is 5.96. The van der Waals surface area contributed by atoms with Crippen LogP contribution in [-0.4, -0.2) is 40.5 Å². The molecule has 0 heterocycles. The van der Waals surface area contributed by atoms with Gasteiger partial charge in [-0.15, -0.1) is 20.5 Å². The Morgan fingerprint density at radius 1 is 0.509 bits per heavy atom. The number of hydrogen-bond acceptors (Lipinski definition) is 11. The Morgan fingerprint density at radius 2 is 0.943 bits per heavy atom. The van der Waals surface area contributed by atoms with Gasteiger partial charge in [0, 0.05) is 51.0 Å². The van der Waals surface area contributed by atoms with Gasteiger partial charge in [-0.2, -0.15) is 8.42 Å². The largest absolute Gasteiger partial charge is 1.00 e. The van der Waals surface area contributed by atoms with Crippen LogP contribution >= 0.6 is 0 Å². The molecule has 0 saturated carbocycles. The van der Waals surface area contributed by atoms with Crippen LogP contribution in [0.5, 0.6) is 28.7 Å². The van der Waals surface area contributed by atoms with E-state index in [2.05, 4.69) is 20.5 Å². The van der Waals surface area contributed by atoms with Crippen LogP contribution in [0.1, 0.15) is 0 Å². The van der Waals surface area contributed by atoms with E-state index < -0.39 is 20.8 Å². The number of nitrogens with zero attached hydrogens (tertiary/aromatic N) is 4. The van der Waals surface area contributed by atoms with Gasteiger partial charge in [0.2, 0.25) is 0 Å². The average Bonchev–Trinajstić information content (AvgIpc) is 3.11. The van der Waals surface area contributed by atoms with Crippen LogP contribution in [0.25, 0.3) is 32.3 Å². The molecule has 7 aromatic carbocycles. The van der Waals surface area contributed by atoms with Crippen LogP contribution in [0.15, 0.2) is 147 Å². The van der Waals surface area contributed by atoms with Crippen LogP contribution in [0, 0.1) is 0 Å². The molecule has 0 aromatic heterocycles. The zero-order valence-corrected chi connectivity index (χ0v) is 34.7. The molecular weight excluding hydrogens is 758 g/mol. The normalized spacial score (nSPS) is 11.1. The van der Waals surface area contributed by atoms with Crippen LogP contribution in [0.3, 0.4) is 0 Å². The summed E-state index contributed by atoms with van der Waals surface area (Å²) in [6.45, 7) is 0. The summed E-state index contributed by atoms with van der Waals surface area (Å²) >= 11 is 0. The topological polar surface area (TPSA) is 194 Å². The van der Waals surface area contributed by atoms with Gasteiger partial charge in [0.05, 0.1) is 7.11 Å². The van der Waals surface area contributed by atoms with E-state index in [0.717, 1.165) is 22.2 Å². The summed E-state index contributed by atoms with van der Waals surface area (Å²) in [5.41, 5.74) is 0.878. The molecule has 0 spiro atoms. The van der Waals surface area contributed by atoms with Gasteiger partial charge in [-0.25, -0.2) is 0 Å². The van der Waals surface area contributed by atoms with E-state index in [1.54, 1.807) is 54.6 Å². The van der Waals surface area contributed by atoms with E-state index in [4.69, 9.17) is 4.74 Å². The summed E-state index contributed by atoms with van der Waals surface area (Å²) in [6.07, 6.45) is 0. The van der Waals surface area contributed by atoms with Crippen molar-refractivity contribution >= 4 is 65.2 Å². The quantitative estimate of drug-likeness (QED) is 0.0956. The van der Waals surface area contributed by atoms with Crippen LogP contribution in [0.4, 0.5) is 22.7 Å². The molecule has 0 aliphatic carbocycles. The monoisotopic (exact) mass is 786 g/mol. The maximum Gasteiger partial charge on any atom is 1.00 e. The van der Waals surface area contributed by atoms with Gasteiger partial charge in [-0.05, 0) is 35.0 Å². The molecule has 0 fully saturated rings. The second-order valence-electron chi connectivity index (χ2n) is 10.8. The summed E-state index contributed by atoms with van der Waals surface area (Å²) in [7, 11) is -3.01. The Labute approximate surface area is 359 Å². The van der Waals surface area contributed by atoms with Crippen molar-refractivity contribution in [1.29, 1.82) is 0 Å². The van der Waals surface area contributed by atoms with Gasteiger partial charge < -0.3 is 25.2 Å². The number of rotatable bonds is 6. The van der Waals surface area contributed by atoms with E-state index in [-0.39, 0.29) is 116 Å². The predicted octanol–water partition coefficient (Wildman–Crippen LogP) is 3.75. The zero-order valence-electron chi connectivity index (χ0n) is 28.6. The number of fused-ring (bicyclic) bond motifs is 3. The van der Waals surface area contributed by atoms with E-state index in [0.29, 0.717) is 22.2 Å². The van der Waals surface area contributed by atoms with Gasteiger partial charge in [0.25, 0.3) is 10.1 Å². The molecule has 0 atom stereocenters. The Bertz CT molecular complexity index is 2590. The summed E-state index contributed by atoms with van der Waals surface area (Å²) in [4.78, 5) is -0.424. The molecule has 0 aliphatic rings. The van der Waals surface area contributed by atoms with E-state index in [1.165, 1.54) is 25.3 Å². The van der Waals surface area contributed by atoms with Crippen molar-refractivity contribution in [3.63, 3.8) is 0 Å². The summed E-state index contributed by atoms with van der Waals surface area (Å²) in [5.74, 6) is 0.0404. The maximum absolute atomic E-state index is 11.6. The number of azo groups is 2. The maximum atomic E-state index is 11.6. The molecule has 5 N–H and O–H groups in total. The summed E-state index contributed by atoms with van der Waals surface area (Å²) in [5, 5.41) is 60.4. The molecule has 16 heteroatoms. The van der Waals surface area contributed by atoms with Gasteiger partial charge in [-0.1, -0.05) is 84.9 Å². The molecule has 7 aromatic rings. The van der Waals surface area contributed by atoms with Crippen LogP contribution < -0.4 is 63.9 Å². The third-order valence-corrected chi connectivity index (χ3v) is 8.58. The summed E-state index contributed by atoms with van der Waals surface area (Å²) < 4.78 is 37.8. The number of hydrogen-bond donors (Lipinski definition) is 5. The standard InChI is InChI=1S/C20H14N2O5S.C17H14N2O3.Cr.2Na/c23-16-10-9-12-5-1-2-6-13(12)19(16)21-22-20-15-8-4-3-7-14(15)18(11-17(20)24)28(25,26)27;1-22-12-7-9-15(20)14(10-12)18-19-17-13-5-3-2-4-11(13)6-8-16(17)21;;;/h1-11,23-24H,(H,25,26,27);2-10,20-21H,1H3;;;/q;;;2*+1. The first-order valence-electron chi connectivity index (χ1n) is 14.9. The smallest absolute Gasteiger partial charge is 0.506 e. The predicted molar refractivity (Wildman–Crippen MR) is 190 cm³/mol. The fraction of sp³-hybridized carbons (Fsp3) is 0.0270. The molecule has 256 valence electrons. The van der Waals surface area contributed by atoms with Crippen LogP contribution in [0.2, 0.25) is 0 Å². The van der Waals surface area contributed by atoms with E-state index >= 15 is 0 Å². The number of phenols is 4. The first-order chi connectivity index (χ1) is 24.0. The Kier molecular flexibility index (Phi) is 15.4. The van der Waals surface area contributed by atoms with Crippen molar-refractivity contribution in [1.82, 2.24) is 0 Å². The third kappa shape index (κ3) is 9.75. The minimum atomic E-state index is -4.54. The second kappa shape index (κ2) is 18.8. The first-order valence-corrected chi connectivity index (χ1v) is 16.3. The molecule has 0 bridgehead atoms. The molecule has 0 unspecified atom stereocenters. The minimum absolute atomic E-state index is 0.